The Morgan fingerprint density at radius 3 is 1.83 bits per heavy atom. The van der Waals surface area contributed by atoms with Crippen LogP contribution in [-0.4, -0.2) is 32.1 Å². The van der Waals surface area contributed by atoms with Crippen LogP contribution in [0.1, 0.15) is 39.5 Å². The lowest BCUT2D eigenvalue weighted by atomic mass is 9.94. The van der Waals surface area contributed by atoms with Crippen molar-refractivity contribution in [3.05, 3.63) is 91.0 Å². The van der Waals surface area contributed by atoms with E-state index in [1.165, 1.54) is 10.6 Å². The molecule has 1 amide bonds. The van der Waals surface area contributed by atoms with Crippen LogP contribution in [0.4, 0.5) is 0 Å². The van der Waals surface area contributed by atoms with Gasteiger partial charge in [0.2, 0.25) is 15.9 Å². The summed E-state index contributed by atoms with van der Waals surface area (Å²) in [6, 6.07) is 28.5. The molecule has 0 saturated heterocycles. The Morgan fingerprint density at radius 2 is 1.31 bits per heavy atom. The van der Waals surface area contributed by atoms with Gasteiger partial charge in [0, 0.05) is 11.7 Å². The molecule has 4 rings (SSSR count). The summed E-state index contributed by atoms with van der Waals surface area (Å²) in [6.07, 6.45) is 4.10. The van der Waals surface area contributed by atoms with Gasteiger partial charge in [0.05, 0.1) is 4.90 Å². The maximum atomic E-state index is 13.6. The maximum absolute atomic E-state index is 13.6. The van der Waals surface area contributed by atoms with Crippen LogP contribution in [0.25, 0.3) is 0 Å². The van der Waals surface area contributed by atoms with Gasteiger partial charge in [-0.05, 0) is 49.4 Å². The van der Waals surface area contributed by atoms with Crippen LogP contribution in [0.5, 0.6) is 0 Å². The van der Waals surface area contributed by atoms with Crippen LogP contribution in [0.15, 0.2) is 95.9 Å². The number of amides is 1. The minimum absolute atomic E-state index is 0.0137. The van der Waals surface area contributed by atoms with Gasteiger partial charge in [-0.3, -0.25) is 4.79 Å². The summed E-state index contributed by atoms with van der Waals surface area (Å²) in [5, 5.41) is 5.90. The van der Waals surface area contributed by atoms with Gasteiger partial charge in [-0.25, -0.2) is 8.42 Å². The Morgan fingerprint density at radius 1 is 0.806 bits per heavy atom. The third-order valence-electron chi connectivity index (χ3n) is 6.74. The Balaban J connectivity index is 1.59. The first-order chi connectivity index (χ1) is 17.4. The van der Waals surface area contributed by atoms with Crippen LogP contribution in [-0.2, 0) is 14.8 Å². The van der Waals surface area contributed by atoms with E-state index in [0.717, 1.165) is 25.7 Å². The first-order valence-electron chi connectivity index (χ1n) is 12.6. The molecule has 0 heterocycles. The number of benzene rings is 3. The van der Waals surface area contributed by atoms with Crippen LogP contribution in [0, 0.1) is 5.92 Å². The van der Waals surface area contributed by atoms with Crippen molar-refractivity contribution < 1.29 is 13.2 Å². The van der Waals surface area contributed by atoms with E-state index < -0.39 is 24.0 Å². The fourth-order valence-electron chi connectivity index (χ4n) is 4.90. The summed E-state index contributed by atoms with van der Waals surface area (Å²) in [7, 11) is -4.50. The number of rotatable bonds is 9. The standard InChI is InChI=1S/C29H35N2O3PS/c1-22(2)28(31-36(33,34)25-18-10-5-11-19-25)29(32)30-26-20-12-13-21-27(26)35(23-14-6-3-7-15-23)24-16-8-4-9-17-24/h3-11,14-19,22,26-28,31H,12-13,20-21H2,1-2H3,(H,30,32)/t26-,27-,28-/m0/s1. The fourth-order valence-corrected chi connectivity index (χ4v) is 9.34. The smallest absolute Gasteiger partial charge is 0.241 e. The predicted octanol–water partition coefficient (Wildman–Crippen LogP) is 4.55. The van der Waals surface area contributed by atoms with Crippen LogP contribution in [0.3, 0.4) is 0 Å². The summed E-state index contributed by atoms with van der Waals surface area (Å²) < 4.78 is 28.7. The zero-order chi connectivity index (χ0) is 25.5. The molecule has 190 valence electrons. The first kappa shape index (κ1) is 26.5. The van der Waals surface area contributed by atoms with Crippen molar-refractivity contribution in [2.24, 2.45) is 5.92 Å². The number of carbonyl (C=O) groups is 1. The van der Waals surface area contributed by atoms with Gasteiger partial charge in [-0.2, -0.15) is 4.72 Å². The molecule has 1 aliphatic carbocycles. The van der Waals surface area contributed by atoms with Crippen molar-refractivity contribution in [1.82, 2.24) is 10.0 Å². The van der Waals surface area contributed by atoms with E-state index in [4.69, 9.17) is 0 Å². The van der Waals surface area contributed by atoms with E-state index in [1.54, 1.807) is 30.3 Å². The molecule has 3 atom stereocenters. The maximum Gasteiger partial charge on any atom is 0.241 e. The molecule has 0 unspecified atom stereocenters. The highest BCUT2D eigenvalue weighted by Gasteiger charge is 2.37. The van der Waals surface area contributed by atoms with E-state index >= 15 is 0 Å². The number of hydrogen-bond donors (Lipinski definition) is 2. The van der Waals surface area contributed by atoms with Crippen LogP contribution in [0.2, 0.25) is 0 Å². The summed E-state index contributed by atoms with van der Waals surface area (Å²) in [5.74, 6) is -0.451. The van der Waals surface area contributed by atoms with E-state index in [9.17, 15) is 13.2 Å². The van der Waals surface area contributed by atoms with Crippen molar-refractivity contribution in [3.8, 4) is 0 Å². The molecule has 0 spiro atoms. The number of hydrogen-bond acceptors (Lipinski definition) is 3. The van der Waals surface area contributed by atoms with Crippen molar-refractivity contribution >= 4 is 34.5 Å². The number of nitrogens with one attached hydrogen (secondary N) is 2. The molecule has 0 aromatic heterocycles. The van der Waals surface area contributed by atoms with Crippen molar-refractivity contribution in [2.45, 2.75) is 62.2 Å². The molecular formula is C29H35N2O3PS. The minimum atomic E-state index is -3.81. The van der Waals surface area contributed by atoms with Crippen molar-refractivity contribution in [3.63, 3.8) is 0 Å². The SMILES string of the molecule is CC(C)[C@H](NS(=O)(=O)c1ccccc1)C(=O)N[C@H]1CCCC[C@@H]1P(c1ccccc1)c1ccccc1. The van der Waals surface area contributed by atoms with Crippen molar-refractivity contribution in [1.29, 1.82) is 0 Å². The molecule has 3 aromatic carbocycles. The number of sulfonamides is 1. The molecule has 3 aromatic rings. The van der Waals surface area contributed by atoms with Gasteiger partial charge in [0.1, 0.15) is 6.04 Å². The largest absolute Gasteiger partial charge is 0.351 e. The number of carbonyl (C=O) groups excluding carboxylic acids is 1. The molecule has 0 aliphatic heterocycles. The van der Waals surface area contributed by atoms with Gasteiger partial charge in [0.15, 0.2) is 0 Å². The Hall–Kier alpha value is -2.53. The van der Waals surface area contributed by atoms with Crippen LogP contribution < -0.4 is 20.6 Å². The van der Waals surface area contributed by atoms with Crippen molar-refractivity contribution in [2.75, 3.05) is 0 Å². The highest BCUT2D eigenvalue weighted by Crippen LogP contribution is 2.46. The first-order valence-corrected chi connectivity index (χ1v) is 15.5. The van der Waals surface area contributed by atoms with Gasteiger partial charge in [-0.15, -0.1) is 0 Å². The molecular weight excluding hydrogens is 487 g/mol. The lowest BCUT2D eigenvalue weighted by Gasteiger charge is -2.39. The summed E-state index contributed by atoms with van der Waals surface area (Å²) in [4.78, 5) is 13.7. The highest BCUT2D eigenvalue weighted by molar-refractivity contribution is 7.89. The zero-order valence-electron chi connectivity index (χ0n) is 20.9. The summed E-state index contributed by atoms with van der Waals surface area (Å²) in [5.41, 5.74) is 0.279. The molecule has 36 heavy (non-hydrogen) atoms. The zero-order valence-corrected chi connectivity index (χ0v) is 22.6. The second-order valence-corrected chi connectivity index (χ2v) is 13.8. The molecule has 1 fully saturated rings. The van der Waals surface area contributed by atoms with E-state index in [1.807, 2.05) is 26.0 Å². The lowest BCUT2D eigenvalue weighted by molar-refractivity contribution is -0.124. The topological polar surface area (TPSA) is 75.3 Å². The van der Waals surface area contributed by atoms with E-state index in [2.05, 4.69) is 58.6 Å². The minimum Gasteiger partial charge on any atom is -0.351 e. The highest BCUT2D eigenvalue weighted by atomic mass is 32.2. The van der Waals surface area contributed by atoms with Crippen LogP contribution >= 0.6 is 7.92 Å². The van der Waals surface area contributed by atoms with E-state index in [-0.39, 0.29) is 28.4 Å². The molecule has 0 bridgehead atoms. The average molecular weight is 523 g/mol. The van der Waals surface area contributed by atoms with Gasteiger partial charge in [0.25, 0.3) is 0 Å². The molecule has 0 radical (unpaired) electrons. The molecule has 1 saturated carbocycles. The summed E-state index contributed by atoms with van der Waals surface area (Å²) >= 11 is 0. The molecule has 1 aliphatic rings. The normalized spacial score (nSPS) is 19.2. The predicted molar refractivity (Wildman–Crippen MR) is 149 cm³/mol. The summed E-state index contributed by atoms with van der Waals surface area (Å²) in [6.45, 7) is 3.74. The molecule has 7 heteroatoms. The quantitative estimate of drug-likeness (QED) is 0.405. The Labute approximate surface area is 216 Å². The third-order valence-corrected chi connectivity index (χ3v) is 11.2. The second-order valence-electron chi connectivity index (χ2n) is 9.66. The fraction of sp³-hybridized carbons (Fsp3) is 0.345. The Kier molecular flexibility index (Phi) is 8.95. The van der Waals surface area contributed by atoms with Gasteiger partial charge < -0.3 is 5.32 Å². The lowest BCUT2D eigenvalue weighted by Crippen LogP contribution is -2.55. The Bertz CT molecular complexity index is 1180. The monoisotopic (exact) mass is 522 g/mol. The average Bonchev–Trinajstić information content (AvgIpc) is 2.90. The van der Waals surface area contributed by atoms with Gasteiger partial charge >= 0.3 is 0 Å². The van der Waals surface area contributed by atoms with E-state index in [0.29, 0.717) is 0 Å². The third kappa shape index (κ3) is 6.42. The molecule has 5 nitrogen and oxygen atoms in total. The second kappa shape index (κ2) is 12.1. The van der Waals surface area contributed by atoms with Gasteiger partial charge in [-0.1, -0.05) is 106 Å². The molecule has 2 N–H and O–H groups in total.